The highest BCUT2D eigenvalue weighted by molar-refractivity contribution is 5.99. The number of nitrogens with zero attached hydrogens (tertiary/aromatic N) is 1. The van der Waals surface area contributed by atoms with Crippen LogP contribution in [0.1, 0.15) is 30.6 Å². The Morgan fingerprint density at radius 1 is 1.31 bits per heavy atom. The molecule has 0 amide bonds. The standard InChI is InChI=1S/C14H17NO/c1-11-6-5-9-15(10-11)14-8-4-3-7-13(14)12(2)16/h3-4,6-8H,5,9-10H2,1-2H3. The van der Waals surface area contributed by atoms with Gasteiger partial charge >= 0.3 is 0 Å². The Morgan fingerprint density at radius 3 is 2.75 bits per heavy atom. The van der Waals surface area contributed by atoms with Crippen molar-refractivity contribution >= 4 is 11.5 Å². The number of rotatable bonds is 2. The van der Waals surface area contributed by atoms with Crippen LogP contribution in [-0.4, -0.2) is 18.9 Å². The Balaban J connectivity index is 2.33. The van der Waals surface area contributed by atoms with Gasteiger partial charge in [-0.1, -0.05) is 23.8 Å². The van der Waals surface area contributed by atoms with Crippen molar-refractivity contribution in [1.29, 1.82) is 0 Å². The monoisotopic (exact) mass is 215 g/mol. The van der Waals surface area contributed by atoms with Crippen LogP contribution in [-0.2, 0) is 0 Å². The zero-order valence-electron chi connectivity index (χ0n) is 9.86. The van der Waals surface area contributed by atoms with E-state index in [9.17, 15) is 4.79 Å². The van der Waals surface area contributed by atoms with E-state index in [1.807, 2.05) is 24.3 Å². The number of Topliss-reactive ketones (excluding diaryl/α,β-unsaturated/α-hetero) is 1. The van der Waals surface area contributed by atoms with Gasteiger partial charge in [0.25, 0.3) is 0 Å². The Kier molecular flexibility index (Phi) is 3.09. The van der Waals surface area contributed by atoms with Gasteiger partial charge in [0.15, 0.2) is 5.78 Å². The molecule has 16 heavy (non-hydrogen) atoms. The second-order valence-electron chi connectivity index (χ2n) is 4.33. The fraction of sp³-hybridized carbons (Fsp3) is 0.357. The minimum absolute atomic E-state index is 0.141. The Hall–Kier alpha value is -1.57. The van der Waals surface area contributed by atoms with Gasteiger partial charge in [-0.15, -0.1) is 0 Å². The summed E-state index contributed by atoms with van der Waals surface area (Å²) < 4.78 is 0. The first-order chi connectivity index (χ1) is 7.68. The van der Waals surface area contributed by atoms with Crippen molar-refractivity contribution < 1.29 is 4.79 Å². The molecule has 0 radical (unpaired) electrons. The summed E-state index contributed by atoms with van der Waals surface area (Å²) in [6.07, 6.45) is 3.34. The summed E-state index contributed by atoms with van der Waals surface area (Å²) in [6, 6.07) is 7.86. The van der Waals surface area contributed by atoms with E-state index in [-0.39, 0.29) is 5.78 Å². The molecule has 0 saturated carbocycles. The molecule has 0 fully saturated rings. The molecule has 1 aromatic carbocycles. The minimum atomic E-state index is 0.141. The van der Waals surface area contributed by atoms with E-state index in [0.29, 0.717) is 0 Å². The van der Waals surface area contributed by atoms with Crippen LogP contribution >= 0.6 is 0 Å². The number of hydrogen-bond donors (Lipinski definition) is 0. The molecule has 0 atom stereocenters. The maximum atomic E-state index is 11.5. The highest BCUT2D eigenvalue weighted by Gasteiger charge is 2.15. The molecule has 0 aromatic heterocycles. The summed E-state index contributed by atoms with van der Waals surface area (Å²) in [7, 11) is 0. The van der Waals surface area contributed by atoms with Crippen LogP contribution in [0.3, 0.4) is 0 Å². The third-order valence-electron chi connectivity index (χ3n) is 2.96. The first-order valence-electron chi connectivity index (χ1n) is 5.69. The van der Waals surface area contributed by atoms with Gasteiger partial charge in [0, 0.05) is 24.3 Å². The molecule has 0 spiro atoms. The fourth-order valence-electron chi connectivity index (χ4n) is 2.16. The number of carbonyl (C=O) groups excluding carboxylic acids is 1. The number of benzene rings is 1. The van der Waals surface area contributed by atoms with Crippen LogP contribution in [0.4, 0.5) is 5.69 Å². The van der Waals surface area contributed by atoms with Crippen molar-refractivity contribution in [2.75, 3.05) is 18.0 Å². The molecular formula is C14H17NO. The number of para-hydroxylation sites is 1. The third kappa shape index (κ3) is 2.16. The van der Waals surface area contributed by atoms with Gasteiger partial charge in [0.05, 0.1) is 0 Å². The molecule has 84 valence electrons. The Labute approximate surface area is 96.6 Å². The van der Waals surface area contributed by atoms with Gasteiger partial charge in [-0.2, -0.15) is 0 Å². The van der Waals surface area contributed by atoms with E-state index in [2.05, 4.69) is 17.9 Å². The lowest BCUT2D eigenvalue weighted by Gasteiger charge is -2.29. The van der Waals surface area contributed by atoms with Gasteiger partial charge in [0.2, 0.25) is 0 Å². The minimum Gasteiger partial charge on any atom is -0.367 e. The zero-order chi connectivity index (χ0) is 11.5. The van der Waals surface area contributed by atoms with E-state index in [1.54, 1.807) is 6.92 Å². The number of hydrogen-bond acceptors (Lipinski definition) is 2. The molecule has 1 aromatic rings. The van der Waals surface area contributed by atoms with Gasteiger partial charge in [-0.3, -0.25) is 4.79 Å². The van der Waals surface area contributed by atoms with Crippen LogP contribution in [0.2, 0.25) is 0 Å². The molecule has 0 aliphatic carbocycles. The van der Waals surface area contributed by atoms with Crippen molar-refractivity contribution in [3.8, 4) is 0 Å². The molecule has 0 unspecified atom stereocenters. The van der Waals surface area contributed by atoms with Crippen LogP contribution in [0, 0.1) is 0 Å². The van der Waals surface area contributed by atoms with Crippen LogP contribution < -0.4 is 4.90 Å². The van der Waals surface area contributed by atoms with Gasteiger partial charge in [-0.05, 0) is 32.4 Å². The lowest BCUT2D eigenvalue weighted by atomic mass is 10.1. The Morgan fingerprint density at radius 2 is 2.06 bits per heavy atom. The van der Waals surface area contributed by atoms with E-state index in [0.717, 1.165) is 30.8 Å². The lowest BCUT2D eigenvalue weighted by molar-refractivity contribution is 0.101. The number of carbonyl (C=O) groups is 1. The maximum Gasteiger partial charge on any atom is 0.161 e. The molecule has 2 nitrogen and oxygen atoms in total. The molecule has 2 rings (SSSR count). The van der Waals surface area contributed by atoms with Crippen LogP contribution in [0.15, 0.2) is 35.9 Å². The molecule has 1 aliphatic rings. The topological polar surface area (TPSA) is 20.3 Å². The smallest absolute Gasteiger partial charge is 0.161 e. The highest BCUT2D eigenvalue weighted by atomic mass is 16.1. The molecular weight excluding hydrogens is 198 g/mol. The first-order valence-corrected chi connectivity index (χ1v) is 5.69. The molecule has 1 heterocycles. The predicted octanol–water partition coefficient (Wildman–Crippen LogP) is 3.05. The van der Waals surface area contributed by atoms with Gasteiger partial charge < -0.3 is 4.90 Å². The third-order valence-corrected chi connectivity index (χ3v) is 2.96. The van der Waals surface area contributed by atoms with E-state index in [4.69, 9.17) is 0 Å². The molecule has 0 N–H and O–H groups in total. The first kappa shape index (κ1) is 10.9. The van der Waals surface area contributed by atoms with Crippen molar-refractivity contribution in [3.05, 3.63) is 41.5 Å². The maximum absolute atomic E-state index is 11.5. The zero-order valence-corrected chi connectivity index (χ0v) is 9.86. The summed E-state index contributed by atoms with van der Waals surface area (Å²) in [5.74, 6) is 0.141. The van der Waals surface area contributed by atoms with Crippen molar-refractivity contribution in [2.45, 2.75) is 20.3 Å². The van der Waals surface area contributed by atoms with Crippen molar-refractivity contribution in [1.82, 2.24) is 0 Å². The second kappa shape index (κ2) is 4.52. The fourth-order valence-corrected chi connectivity index (χ4v) is 2.16. The molecule has 1 aliphatic heterocycles. The average molecular weight is 215 g/mol. The summed E-state index contributed by atoms with van der Waals surface area (Å²) in [5, 5.41) is 0. The van der Waals surface area contributed by atoms with Gasteiger partial charge in [-0.25, -0.2) is 0 Å². The lowest BCUT2D eigenvalue weighted by Crippen LogP contribution is -2.30. The van der Waals surface area contributed by atoms with Gasteiger partial charge in [0.1, 0.15) is 0 Å². The van der Waals surface area contributed by atoms with E-state index < -0.39 is 0 Å². The highest BCUT2D eigenvalue weighted by Crippen LogP contribution is 2.24. The summed E-state index contributed by atoms with van der Waals surface area (Å²) in [6.45, 7) is 5.71. The molecule has 2 heteroatoms. The Bertz CT molecular complexity index is 434. The largest absolute Gasteiger partial charge is 0.367 e. The SMILES string of the molecule is CC(=O)c1ccccc1N1CCC=C(C)C1. The predicted molar refractivity (Wildman–Crippen MR) is 67.0 cm³/mol. The quantitative estimate of drug-likeness (QED) is 0.558. The average Bonchev–Trinajstić information content (AvgIpc) is 2.29. The number of ketones is 1. The second-order valence-corrected chi connectivity index (χ2v) is 4.33. The van der Waals surface area contributed by atoms with Crippen LogP contribution in [0.25, 0.3) is 0 Å². The van der Waals surface area contributed by atoms with Crippen molar-refractivity contribution in [2.24, 2.45) is 0 Å². The summed E-state index contributed by atoms with van der Waals surface area (Å²) >= 11 is 0. The van der Waals surface area contributed by atoms with E-state index >= 15 is 0 Å². The molecule has 0 saturated heterocycles. The molecule has 0 bridgehead atoms. The van der Waals surface area contributed by atoms with E-state index in [1.165, 1.54) is 5.57 Å². The summed E-state index contributed by atoms with van der Waals surface area (Å²) in [5.41, 5.74) is 3.28. The van der Waals surface area contributed by atoms with Crippen LogP contribution in [0.5, 0.6) is 0 Å². The number of anilines is 1. The normalized spacial score (nSPS) is 15.9. The van der Waals surface area contributed by atoms with Crippen molar-refractivity contribution in [3.63, 3.8) is 0 Å². The summed E-state index contributed by atoms with van der Waals surface area (Å²) in [4.78, 5) is 13.8.